The van der Waals surface area contributed by atoms with E-state index in [9.17, 15) is 4.79 Å². The van der Waals surface area contributed by atoms with Crippen LogP contribution in [-0.2, 0) is 6.42 Å². The van der Waals surface area contributed by atoms with Gasteiger partial charge in [-0.25, -0.2) is 0 Å². The van der Waals surface area contributed by atoms with Crippen molar-refractivity contribution in [1.82, 2.24) is 4.98 Å². The van der Waals surface area contributed by atoms with Crippen molar-refractivity contribution in [3.8, 4) is 0 Å². The van der Waals surface area contributed by atoms with E-state index in [1.54, 1.807) is 36.5 Å². The van der Waals surface area contributed by atoms with Gasteiger partial charge in [0.1, 0.15) is 0 Å². The quantitative estimate of drug-likeness (QED) is 0.790. The van der Waals surface area contributed by atoms with Crippen LogP contribution in [0.25, 0.3) is 0 Å². The van der Waals surface area contributed by atoms with Crippen LogP contribution in [0.3, 0.4) is 0 Å². The van der Waals surface area contributed by atoms with E-state index >= 15 is 0 Å². The highest BCUT2D eigenvalue weighted by atomic mass is 35.5. The molecule has 0 aliphatic carbocycles. The Morgan fingerprint density at radius 2 is 1.88 bits per heavy atom. The Morgan fingerprint density at radius 3 is 2.59 bits per heavy atom. The zero-order chi connectivity index (χ0) is 12.3. The number of ketones is 1. The summed E-state index contributed by atoms with van der Waals surface area (Å²) < 4.78 is 0. The van der Waals surface area contributed by atoms with Gasteiger partial charge in [-0.1, -0.05) is 35.3 Å². The second-order valence-corrected chi connectivity index (χ2v) is 4.36. The molecule has 0 bridgehead atoms. The van der Waals surface area contributed by atoms with Gasteiger partial charge in [0.15, 0.2) is 5.78 Å². The van der Waals surface area contributed by atoms with Crippen LogP contribution in [-0.4, -0.2) is 10.8 Å². The molecule has 0 saturated heterocycles. The molecule has 2 rings (SSSR count). The van der Waals surface area contributed by atoms with Crippen LogP contribution < -0.4 is 0 Å². The summed E-state index contributed by atoms with van der Waals surface area (Å²) in [6.07, 6.45) is 3.36. The third-order valence-electron chi connectivity index (χ3n) is 2.38. The number of aromatic nitrogens is 1. The summed E-state index contributed by atoms with van der Waals surface area (Å²) >= 11 is 11.9. The summed E-state index contributed by atoms with van der Waals surface area (Å²) in [6.45, 7) is 0. The average Bonchev–Trinajstić information content (AvgIpc) is 2.32. The van der Waals surface area contributed by atoms with E-state index < -0.39 is 0 Å². The van der Waals surface area contributed by atoms with Crippen LogP contribution in [0.5, 0.6) is 0 Å². The highest BCUT2D eigenvalue weighted by Gasteiger charge is 2.12. The summed E-state index contributed by atoms with van der Waals surface area (Å²) in [6, 6.07) is 8.71. The SMILES string of the molecule is O=C(Cc1ccncc1Cl)c1ccccc1Cl. The van der Waals surface area contributed by atoms with E-state index in [1.807, 2.05) is 0 Å². The molecule has 1 aromatic carbocycles. The molecule has 86 valence electrons. The van der Waals surface area contributed by atoms with Gasteiger partial charge in [-0.3, -0.25) is 9.78 Å². The largest absolute Gasteiger partial charge is 0.294 e. The molecule has 0 fully saturated rings. The first kappa shape index (κ1) is 12.1. The number of hydrogen-bond acceptors (Lipinski definition) is 2. The fourth-order valence-corrected chi connectivity index (χ4v) is 1.93. The van der Waals surface area contributed by atoms with Crippen LogP contribution in [0.1, 0.15) is 15.9 Å². The number of carbonyl (C=O) groups excluding carboxylic acids is 1. The van der Waals surface area contributed by atoms with Gasteiger partial charge in [0.25, 0.3) is 0 Å². The van der Waals surface area contributed by atoms with Crippen molar-refractivity contribution in [3.05, 3.63) is 63.9 Å². The number of rotatable bonds is 3. The minimum atomic E-state index is -0.0521. The monoisotopic (exact) mass is 265 g/mol. The van der Waals surface area contributed by atoms with Crippen LogP contribution in [0, 0.1) is 0 Å². The molecular formula is C13H9Cl2NO. The molecule has 0 aliphatic rings. The molecule has 2 nitrogen and oxygen atoms in total. The third kappa shape index (κ3) is 2.84. The maximum absolute atomic E-state index is 12.0. The fourth-order valence-electron chi connectivity index (χ4n) is 1.50. The predicted molar refractivity (Wildman–Crippen MR) is 68.7 cm³/mol. The van der Waals surface area contributed by atoms with Gasteiger partial charge in [0.2, 0.25) is 0 Å². The molecule has 0 saturated carbocycles. The fraction of sp³-hybridized carbons (Fsp3) is 0.0769. The molecule has 0 radical (unpaired) electrons. The third-order valence-corrected chi connectivity index (χ3v) is 3.05. The Hall–Kier alpha value is -1.38. The first-order chi connectivity index (χ1) is 8.18. The maximum atomic E-state index is 12.0. The summed E-state index contributed by atoms with van der Waals surface area (Å²) in [5, 5.41) is 0.954. The van der Waals surface area contributed by atoms with E-state index in [4.69, 9.17) is 23.2 Å². The lowest BCUT2D eigenvalue weighted by Crippen LogP contribution is -2.04. The van der Waals surface area contributed by atoms with Crippen molar-refractivity contribution in [1.29, 1.82) is 0 Å². The number of hydrogen-bond donors (Lipinski definition) is 0. The maximum Gasteiger partial charge on any atom is 0.168 e. The number of carbonyl (C=O) groups is 1. The van der Waals surface area contributed by atoms with Crippen molar-refractivity contribution in [2.24, 2.45) is 0 Å². The lowest BCUT2D eigenvalue weighted by molar-refractivity contribution is 0.0993. The average molecular weight is 266 g/mol. The Morgan fingerprint density at radius 1 is 1.12 bits per heavy atom. The van der Waals surface area contributed by atoms with Gasteiger partial charge in [0.05, 0.1) is 10.0 Å². The minimum Gasteiger partial charge on any atom is -0.294 e. The summed E-state index contributed by atoms with van der Waals surface area (Å²) in [7, 11) is 0. The van der Waals surface area contributed by atoms with Gasteiger partial charge in [-0.15, -0.1) is 0 Å². The van der Waals surface area contributed by atoms with Crippen molar-refractivity contribution in [2.45, 2.75) is 6.42 Å². The van der Waals surface area contributed by atoms with Crippen LogP contribution in [0.4, 0.5) is 0 Å². The highest BCUT2D eigenvalue weighted by molar-refractivity contribution is 6.34. The van der Waals surface area contributed by atoms with E-state index in [0.29, 0.717) is 15.6 Å². The number of benzene rings is 1. The molecule has 0 unspecified atom stereocenters. The number of pyridine rings is 1. The Balaban J connectivity index is 2.24. The van der Waals surface area contributed by atoms with Crippen LogP contribution in [0.15, 0.2) is 42.7 Å². The molecule has 1 heterocycles. The van der Waals surface area contributed by atoms with E-state index in [-0.39, 0.29) is 12.2 Å². The van der Waals surface area contributed by atoms with Crippen molar-refractivity contribution in [2.75, 3.05) is 0 Å². The predicted octanol–water partition coefficient (Wildman–Crippen LogP) is 3.81. The zero-order valence-electron chi connectivity index (χ0n) is 8.86. The Kier molecular flexibility index (Phi) is 3.77. The van der Waals surface area contributed by atoms with Crippen molar-refractivity contribution >= 4 is 29.0 Å². The summed E-state index contributed by atoms with van der Waals surface area (Å²) in [5.41, 5.74) is 1.27. The van der Waals surface area contributed by atoms with Gasteiger partial charge in [-0.2, -0.15) is 0 Å². The smallest absolute Gasteiger partial charge is 0.168 e. The highest BCUT2D eigenvalue weighted by Crippen LogP contribution is 2.20. The molecule has 2 aromatic rings. The normalized spacial score (nSPS) is 10.2. The van der Waals surface area contributed by atoms with Gasteiger partial charge >= 0.3 is 0 Å². The minimum absolute atomic E-state index is 0.0521. The van der Waals surface area contributed by atoms with E-state index in [2.05, 4.69) is 4.98 Å². The van der Waals surface area contributed by atoms with E-state index in [0.717, 1.165) is 5.56 Å². The lowest BCUT2D eigenvalue weighted by Gasteiger charge is -2.04. The summed E-state index contributed by atoms with van der Waals surface area (Å²) in [5.74, 6) is -0.0521. The van der Waals surface area contributed by atoms with E-state index in [1.165, 1.54) is 6.20 Å². The number of halogens is 2. The molecule has 4 heteroatoms. The molecule has 0 amide bonds. The number of nitrogens with zero attached hydrogens (tertiary/aromatic N) is 1. The van der Waals surface area contributed by atoms with Crippen LogP contribution in [0.2, 0.25) is 10.0 Å². The molecule has 1 aromatic heterocycles. The molecular weight excluding hydrogens is 257 g/mol. The Labute approximate surface area is 109 Å². The molecule has 0 spiro atoms. The second kappa shape index (κ2) is 5.30. The lowest BCUT2D eigenvalue weighted by atomic mass is 10.0. The molecule has 17 heavy (non-hydrogen) atoms. The van der Waals surface area contributed by atoms with Crippen molar-refractivity contribution < 1.29 is 4.79 Å². The topological polar surface area (TPSA) is 30.0 Å². The van der Waals surface area contributed by atoms with Gasteiger partial charge < -0.3 is 0 Å². The van der Waals surface area contributed by atoms with Crippen molar-refractivity contribution in [3.63, 3.8) is 0 Å². The van der Waals surface area contributed by atoms with Gasteiger partial charge in [-0.05, 0) is 23.8 Å². The first-order valence-corrected chi connectivity index (χ1v) is 5.80. The molecule has 0 aliphatic heterocycles. The summed E-state index contributed by atoms with van der Waals surface area (Å²) in [4.78, 5) is 15.9. The molecule has 0 atom stereocenters. The first-order valence-electron chi connectivity index (χ1n) is 5.04. The molecule has 0 N–H and O–H groups in total. The van der Waals surface area contributed by atoms with Gasteiger partial charge in [0, 0.05) is 24.4 Å². The number of Topliss-reactive ketones (excluding diaryl/α,β-unsaturated/α-hetero) is 1. The second-order valence-electron chi connectivity index (χ2n) is 3.55. The zero-order valence-corrected chi connectivity index (χ0v) is 10.4. The standard InChI is InChI=1S/C13H9Cl2NO/c14-11-4-2-1-3-10(11)13(17)7-9-5-6-16-8-12(9)15/h1-6,8H,7H2. The van der Waals surface area contributed by atoms with Crippen LogP contribution >= 0.6 is 23.2 Å². The Bertz CT molecular complexity index is 555.